The van der Waals surface area contributed by atoms with Crippen molar-refractivity contribution in [1.82, 2.24) is 4.90 Å². The lowest BCUT2D eigenvalue weighted by atomic mass is 9.95. The van der Waals surface area contributed by atoms with Gasteiger partial charge in [-0.25, -0.2) is 0 Å². The second-order valence-electron chi connectivity index (χ2n) is 5.02. The van der Waals surface area contributed by atoms with Crippen LogP contribution in [0.2, 0.25) is 10.0 Å². The summed E-state index contributed by atoms with van der Waals surface area (Å²) in [6, 6.07) is 4.62. The number of likely N-dealkylation sites (tertiary alicyclic amines) is 1. The molecule has 1 aromatic rings. The zero-order chi connectivity index (χ0) is 15.6. The Kier molecular flexibility index (Phi) is 4.76. The lowest BCUT2D eigenvalue weighted by Gasteiger charge is -2.35. The van der Waals surface area contributed by atoms with Crippen LogP contribution in [0.15, 0.2) is 18.2 Å². The molecule has 1 heterocycles. The van der Waals surface area contributed by atoms with E-state index in [2.05, 4.69) is 0 Å². The number of carbonyl (C=O) groups excluding carboxylic acids is 2. The molecule has 2 N–H and O–H groups in total. The Balaban J connectivity index is 2.36. The van der Waals surface area contributed by atoms with Gasteiger partial charge in [0.2, 0.25) is 5.91 Å². The number of nitrogens with two attached hydrogens (primary N) is 1. The van der Waals surface area contributed by atoms with Crippen LogP contribution in [0.3, 0.4) is 0 Å². The van der Waals surface area contributed by atoms with Gasteiger partial charge in [0.15, 0.2) is 0 Å². The van der Waals surface area contributed by atoms with Crippen molar-refractivity contribution in [2.45, 2.75) is 18.4 Å². The second kappa shape index (κ2) is 6.22. The van der Waals surface area contributed by atoms with Crippen LogP contribution in [0.1, 0.15) is 23.2 Å². The van der Waals surface area contributed by atoms with Gasteiger partial charge >= 0.3 is 0 Å². The van der Waals surface area contributed by atoms with Gasteiger partial charge in [-0.1, -0.05) is 23.2 Å². The summed E-state index contributed by atoms with van der Waals surface area (Å²) in [5.74, 6) is -0.864. The van der Waals surface area contributed by atoms with Crippen molar-refractivity contribution in [3.8, 4) is 0 Å². The minimum Gasteiger partial charge on any atom is -0.382 e. The molecule has 2 rings (SSSR count). The molecule has 1 unspecified atom stereocenters. The van der Waals surface area contributed by atoms with E-state index in [4.69, 9.17) is 33.7 Å². The Morgan fingerprint density at radius 1 is 1.38 bits per heavy atom. The monoisotopic (exact) mass is 330 g/mol. The molecule has 1 aromatic carbocycles. The Morgan fingerprint density at radius 3 is 2.67 bits per heavy atom. The van der Waals surface area contributed by atoms with Crippen LogP contribution in [0.25, 0.3) is 0 Å². The maximum absolute atomic E-state index is 12.7. The van der Waals surface area contributed by atoms with Crippen molar-refractivity contribution in [1.29, 1.82) is 0 Å². The van der Waals surface area contributed by atoms with E-state index >= 15 is 0 Å². The molecular formula is C14H16Cl2N2O3. The lowest BCUT2D eigenvalue weighted by Crippen LogP contribution is -2.58. The predicted molar refractivity (Wildman–Crippen MR) is 80.5 cm³/mol. The molecular weight excluding hydrogens is 315 g/mol. The van der Waals surface area contributed by atoms with E-state index in [1.165, 1.54) is 18.1 Å². The molecule has 7 heteroatoms. The number of halogens is 2. The normalized spacial score (nSPS) is 21.6. The van der Waals surface area contributed by atoms with Gasteiger partial charge < -0.3 is 15.4 Å². The van der Waals surface area contributed by atoms with Crippen molar-refractivity contribution < 1.29 is 14.3 Å². The van der Waals surface area contributed by atoms with E-state index in [-0.39, 0.29) is 17.5 Å². The van der Waals surface area contributed by atoms with E-state index in [0.717, 1.165) is 0 Å². The second-order valence-corrected chi connectivity index (χ2v) is 5.83. The smallest absolute Gasteiger partial charge is 0.254 e. The Labute approximate surface area is 132 Å². The first-order valence-electron chi connectivity index (χ1n) is 6.48. The molecule has 0 aromatic heterocycles. The van der Waals surface area contributed by atoms with Gasteiger partial charge in [-0.15, -0.1) is 0 Å². The van der Waals surface area contributed by atoms with E-state index < -0.39 is 11.4 Å². The Bertz CT molecular complexity index is 579. The first-order chi connectivity index (χ1) is 9.92. The number of hydrogen-bond acceptors (Lipinski definition) is 3. The zero-order valence-corrected chi connectivity index (χ0v) is 13.1. The summed E-state index contributed by atoms with van der Waals surface area (Å²) in [5, 5.41) is 0.658. The van der Waals surface area contributed by atoms with Crippen LogP contribution in [0.5, 0.6) is 0 Å². The minimum atomic E-state index is -1.10. The third kappa shape index (κ3) is 2.86. The van der Waals surface area contributed by atoms with Crippen LogP contribution >= 0.6 is 23.2 Å². The molecule has 114 valence electrons. The van der Waals surface area contributed by atoms with Gasteiger partial charge in [-0.3, -0.25) is 9.59 Å². The van der Waals surface area contributed by atoms with Gasteiger partial charge in [0, 0.05) is 19.2 Å². The number of primary amides is 1. The number of rotatable bonds is 4. The van der Waals surface area contributed by atoms with Gasteiger partial charge in [0.1, 0.15) is 5.54 Å². The van der Waals surface area contributed by atoms with Crippen LogP contribution in [0, 0.1) is 0 Å². The van der Waals surface area contributed by atoms with Crippen molar-refractivity contribution in [2.75, 3.05) is 20.3 Å². The molecule has 0 saturated carbocycles. The molecule has 5 nitrogen and oxygen atoms in total. The van der Waals surface area contributed by atoms with Crippen LogP contribution in [0.4, 0.5) is 0 Å². The first kappa shape index (κ1) is 16.1. The quantitative estimate of drug-likeness (QED) is 0.918. The number of carbonyl (C=O) groups is 2. The highest BCUT2D eigenvalue weighted by Crippen LogP contribution is 2.32. The summed E-state index contributed by atoms with van der Waals surface area (Å²) in [4.78, 5) is 26.0. The molecule has 1 atom stereocenters. The molecule has 1 aliphatic heterocycles. The van der Waals surface area contributed by atoms with E-state index in [0.29, 0.717) is 30.0 Å². The van der Waals surface area contributed by atoms with E-state index in [1.807, 2.05) is 0 Å². The van der Waals surface area contributed by atoms with E-state index in [1.54, 1.807) is 12.1 Å². The average Bonchev–Trinajstić information content (AvgIpc) is 2.86. The SMILES string of the molecule is COCC1(C(N)=O)CCCN1C(=O)c1ccc(Cl)c(Cl)c1. The Hall–Kier alpha value is -1.30. The number of nitrogens with zero attached hydrogens (tertiary/aromatic N) is 1. The largest absolute Gasteiger partial charge is 0.382 e. The fraction of sp³-hybridized carbons (Fsp3) is 0.429. The van der Waals surface area contributed by atoms with E-state index in [9.17, 15) is 9.59 Å². The molecule has 2 amide bonds. The molecule has 0 aliphatic carbocycles. The molecule has 0 radical (unpaired) electrons. The molecule has 0 spiro atoms. The molecule has 1 aliphatic rings. The van der Waals surface area contributed by atoms with Crippen LogP contribution in [-0.2, 0) is 9.53 Å². The van der Waals surface area contributed by atoms with Gasteiger partial charge in [-0.2, -0.15) is 0 Å². The van der Waals surface area contributed by atoms with Crippen LogP contribution < -0.4 is 5.73 Å². The fourth-order valence-corrected chi connectivity index (χ4v) is 2.97. The van der Waals surface area contributed by atoms with Gasteiger partial charge in [0.05, 0.1) is 16.7 Å². The topological polar surface area (TPSA) is 72.6 Å². The molecule has 1 saturated heterocycles. The van der Waals surface area contributed by atoms with Gasteiger partial charge in [0.25, 0.3) is 5.91 Å². The number of ether oxygens (including phenoxy) is 1. The summed E-state index contributed by atoms with van der Waals surface area (Å²) < 4.78 is 5.11. The summed E-state index contributed by atoms with van der Waals surface area (Å²) in [6.45, 7) is 0.529. The standard InChI is InChI=1S/C14H16Cl2N2O3/c1-21-8-14(13(17)20)5-2-6-18(14)12(19)9-3-4-10(15)11(16)7-9/h3-4,7H,2,5-6,8H2,1H3,(H2,17,20). The number of benzene rings is 1. The summed E-state index contributed by atoms with van der Waals surface area (Å²) >= 11 is 11.8. The number of hydrogen-bond donors (Lipinski definition) is 1. The molecule has 0 bridgehead atoms. The van der Waals surface area contributed by atoms with Gasteiger partial charge in [-0.05, 0) is 31.0 Å². The van der Waals surface area contributed by atoms with Crippen molar-refractivity contribution in [3.63, 3.8) is 0 Å². The van der Waals surface area contributed by atoms with Crippen LogP contribution in [-0.4, -0.2) is 42.5 Å². The lowest BCUT2D eigenvalue weighted by molar-refractivity contribution is -0.130. The third-order valence-electron chi connectivity index (χ3n) is 3.74. The summed E-state index contributed by atoms with van der Waals surface area (Å²) in [5.41, 5.74) is 4.79. The number of methoxy groups -OCH3 is 1. The molecule has 21 heavy (non-hydrogen) atoms. The zero-order valence-electron chi connectivity index (χ0n) is 11.6. The maximum Gasteiger partial charge on any atom is 0.254 e. The van der Waals surface area contributed by atoms with Crippen molar-refractivity contribution in [3.05, 3.63) is 33.8 Å². The maximum atomic E-state index is 12.7. The summed E-state index contributed by atoms with van der Waals surface area (Å²) in [7, 11) is 1.48. The first-order valence-corrected chi connectivity index (χ1v) is 7.24. The third-order valence-corrected chi connectivity index (χ3v) is 4.48. The Morgan fingerprint density at radius 2 is 2.10 bits per heavy atom. The minimum absolute atomic E-state index is 0.0788. The van der Waals surface area contributed by atoms with Crippen molar-refractivity contribution in [2.24, 2.45) is 5.73 Å². The predicted octanol–water partition coefficient (Wildman–Crippen LogP) is 2.10. The molecule has 1 fully saturated rings. The fourth-order valence-electron chi connectivity index (χ4n) is 2.68. The highest BCUT2D eigenvalue weighted by atomic mass is 35.5. The number of amides is 2. The highest BCUT2D eigenvalue weighted by molar-refractivity contribution is 6.42. The average molecular weight is 331 g/mol. The summed E-state index contributed by atoms with van der Waals surface area (Å²) in [6.07, 6.45) is 1.18. The van der Waals surface area contributed by atoms with Crippen molar-refractivity contribution >= 4 is 35.0 Å². The highest BCUT2D eigenvalue weighted by Gasteiger charge is 2.48.